The van der Waals surface area contributed by atoms with Gasteiger partial charge in [-0.05, 0) is 113 Å². The van der Waals surface area contributed by atoms with Crippen LogP contribution in [0.4, 0.5) is 0 Å². The Bertz CT molecular complexity index is 1440. The molecule has 0 bridgehead atoms. The van der Waals surface area contributed by atoms with E-state index in [0.717, 1.165) is 38.0 Å². The van der Waals surface area contributed by atoms with Gasteiger partial charge in [-0.2, -0.15) is 0 Å². The van der Waals surface area contributed by atoms with Gasteiger partial charge in [-0.15, -0.1) is 0 Å². The summed E-state index contributed by atoms with van der Waals surface area (Å²) in [5.74, 6) is 0.203. The number of rotatable bonds is 27. The fourth-order valence-electron chi connectivity index (χ4n) is 6.88. The Balaban J connectivity index is 1.41. The number of benzene rings is 2. The number of hydrogen-bond donors (Lipinski definition) is 0. The topological polar surface area (TPSA) is 114 Å². The molecule has 0 amide bonds. The van der Waals surface area contributed by atoms with Gasteiger partial charge in [-0.3, -0.25) is 9.59 Å². The van der Waals surface area contributed by atoms with Crippen LogP contribution in [-0.2, 0) is 28.6 Å². The van der Waals surface area contributed by atoms with Gasteiger partial charge in [0.2, 0.25) is 6.29 Å². The minimum absolute atomic E-state index is 0.124. The molecule has 0 aliphatic heterocycles. The Kier molecular flexibility index (Phi) is 22.1. The smallest absolute Gasteiger partial charge is 0.347 e. The van der Waals surface area contributed by atoms with Gasteiger partial charge < -0.3 is 23.7 Å². The lowest BCUT2D eigenvalue weighted by Gasteiger charge is -2.29. The number of ether oxygens (including phenoxy) is 5. The van der Waals surface area contributed by atoms with Crippen molar-refractivity contribution in [2.24, 2.45) is 5.92 Å². The maximum Gasteiger partial charge on any atom is 0.347 e. The lowest BCUT2D eigenvalue weighted by molar-refractivity contribution is -0.181. The maximum atomic E-state index is 13.2. The molecule has 1 fully saturated rings. The zero-order valence-electron chi connectivity index (χ0n) is 33.8. The van der Waals surface area contributed by atoms with Crippen LogP contribution >= 0.6 is 0 Å². The SMILES string of the molecule is C=C(C)C(=O)OCCCCCC(=O)OC(CCCCC(=O)Oc1ccccc1C(=O)Oc1ccc(C2CCC(CCCCC)CC2)cc1)OCCCCCC. The summed E-state index contributed by atoms with van der Waals surface area (Å²) >= 11 is 0. The first-order valence-corrected chi connectivity index (χ1v) is 21.0. The fourth-order valence-corrected chi connectivity index (χ4v) is 6.88. The highest BCUT2D eigenvalue weighted by molar-refractivity contribution is 5.94. The quantitative estimate of drug-likeness (QED) is 0.0288. The molecule has 3 rings (SSSR count). The van der Waals surface area contributed by atoms with E-state index in [1.165, 1.54) is 56.9 Å². The van der Waals surface area contributed by atoms with Crippen molar-refractivity contribution in [3.8, 4) is 11.5 Å². The summed E-state index contributed by atoms with van der Waals surface area (Å²) in [5, 5.41) is 0. The number of carbonyl (C=O) groups excluding carboxylic acids is 4. The number of carbonyl (C=O) groups is 4. The average Bonchev–Trinajstić information content (AvgIpc) is 3.18. The van der Waals surface area contributed by atoms with Crippen LogP contribution in [0.2, 0.25) is 0 Å². The molecule has 2 aromatic rings. The molecule has 0 radical (unpaired) electrons. The summed E-state index contributed by atoms with van der Waals surface area (Å²) < 4.78 is 28.0. The Morgan fingerprint density at radius 1 is 0.709 bits per heavy atom. The van der Waals surface area contributed by atoms with E-state index in [0.29, 0.717) is 56.0 Å². The molecule has 1 unspecified atom stereocenters. The molecule has 1 aliphatic rings. The Morgan fingerprint density at radius 3 is 2.09 bits per heavy atom. The average molecular weight is 763 g/mol. The molecule has 0 spiro atoms. The highest BCUT2D eigenvalue weighted by atomic mass is 16.7. The standard InChI is InChI=1S/C46H66O9/c1-5-7-9-17-33-51-44(55-43(48)22-12-10-18-34-52-45(49)35(3)4)24-16-15-23-42(47)54-41-21-14-13-20-40(41)46(50)53-39-31-29-38(30-32-39)37-27-25-36(26-28-37)19-11-8-6-2/h13-14,20-21,29-32,36-37,44H,3,5-12,15-19,22-28,33-34H2,1-2,4H3. The predicted molar refractivity (Wildman–Crippen MR) is 215 cm³/mol. The van der Waals surface area contributed by atoms with Gasteiger partial charge in [0.05, 0.1) is 13.2 Å². The molecule has 55 heavy (non-hydrogen) atoms. The molecule has 1 saturated carbocycles. The minimum atomic E-state index is -0.693. The van der Waals surface area contributed by atoms with E-state index in [4.69, 9.17) is 23.7 Å². The third-order valence-electron chi connectivity index (χ3n) is 10.2. The number of para-hydroxylation sites is 1. The van der Waals surface area contributed by atoms with Crippen LogP contribution in [0.3, 0.4) is 0 Å². The van der Waals surface area contributed by atoms with Crippen molar-refractivity contribution in [1.82, 2.24) is 0 Å². The third-order valence-corrected chi connectivity index (χ3v) is 10.2. The highest BCUT2D eigenvalue weighted by Crippen LogP contribution is 2.38. The molecule has 1 atom stereocenters. The van der Waals surface area contributed by atoms with Crippen molar-refractivity contribution < 1.29 is 42.9 Å². The van der Waals surface area contributed by atoms with Gasteiger partial charge in [0.15, 0.2) is 0 Å². The van der Waals surface area contributed by atoms with E-state index in [2.05, 4.69) is 32.6 Å². The second-order valence-corrected chi connectivity index (χ2v) is 15.0. The molecular weight excluding hydrogens is 696 g/mol. The van der Waals surface area contributed by atoms with Gasteiger partial charge in [0, 0.05) is 24.8 Å². The van der Waals surface area contributed by atoms with E-state index in [9.17, 15) is 19.2 Å². The zero-order chi connectivity index (χ0) is 39.7. The first-order chi connectivity index (χ1) is 26.7. The second kappa shape index (κ2) is 26.8. The summed E-state index contributed by atoms with van der Waals surface area (Å²) in [6.45, 7) is 10.3. The normalized spacial score (nSPS) is 15.8. The van der Waals surface area contributed by atoms with E-state index in [1.54, 1.807) is 31.2 Å². The second-order valence-electron chi connectivity index (χ2n) is 15.0. The third kappa shape index (κ3) is 18.5. The van der Waals surface area contributed by atoms with Crippen molar-refractivity contribution in [3.63, 3.8) is 0 Å². The molecule has 2 aromatic carbocycles. The molecular formula is C46H66O9. The fraction of sp³-hybridized carbons (Fsp3) is 0.609. The number of hydrogen-bond acceptors (Lipinski definition) is 9. The molecule has 304 valence electrons. The largest absolute Gasteiger partial charge is 0.462 e. The maximum absolute atomic E-state index is 13.2. The molecule has 9 nitrogen and oxygen atoms in total. The van der Waals surface area contributed by atoms with Crippen molar-refractivity contribution >= 4 is 23.9 Å². The van der Waals surface area contributed by atoms with Crippen LogP contribution in [0.15, 0.2) is 60.7 Å². The first kappa shape index (κ1) is 45.4. The lowest BCUT2D eigenvalue weighted by atomic mass is 9.77. The monoisotopic (exact) mass is 762 g/mol. The Morgan fingerprint density at radius 2 is 1.36 bits per heavy atom. The molecule has 0 saturated heterocycles. The van der Waals surface area contributed by atoms with Crippen molar-refractivity contribution in [3.05, 3.63) is 71.8 Å². The van der Waals surface area contributed by atoms with Crippen LogP contribution in [0, 0.1) is 5.92 Å². The van der Waals surface area contributed by atoms with Crippen LogP contribution in [-0.4, -0.2) is 43.4 Å². The Hall–Kier alpha value is -3.98. The minimum Gasteiger partial charge on any atom is -0.462 e. The number of esters is 4. The summed E-state index contributed by atoms with van der Waals surface area (Å²) in [4.78, 5) is 50.1. The van der Waals surface area contributed by atoms with Crippen molar-refractivity contribution in [1.29, 1.82) is 0 Å². The van der Waals surface area contributed by atoms with Crippen molar-refractivity contribution in [2.75, 3.05) is 13.2 Å². The molecule has 9 heteroatoms. The van der Waals surface area contributed by atoms with E-state index in [-0.39, 0.29) is 36.7 Å². The zero-order valence-corrected chi connectivity index (χ0v) is 33.8. The summed E-state index contributed by atoms with van der Waals surface area (Å²) in [5.41, 5.74) is 1.83. The van der Waals surface area contributed by atoms with Gasteiger partial charge in [0.1, 0.15) is 17.1 Å². The predicted octanol–water partition coefficient (Wildman–Crippen LogP) is 11.4. The van der Waals surface area contributed by atoms with Gasteiger partial charge in [-0.25, -0.2) is 9.59 Å². The molecule has 0 N–H and O–H groups in total. The van der Waals surface area contributed by atoms with Gasteiger partial charge in [0.25, 0.3) is 0 Å². The van der Waals surface area contributed by atoms with Crippen LogP contribution in [0.5, 0.6) is 11.5 Å². The van der Waals surface area contributed by atoms with Crippen LogP contribution in [0.25, 0.3) is 0 Å². The summed E-state index contributed by atoms with van der Waals surface area (Å²) in [7, 11) is 0. The van der Waals surface area contributed by atoms with E-state index < -0.39 is 24.2 Å². The number of unbranched alkanes of at least 4 members (excludes halogenated alkanes) is 8. The van der Waals surface area contributed by atoms with Crippen LogP contribution < -0.4 is 9.47 Å². The lowest BCUT2D eigenvalue weighted by Crippen LogP contribution is -2.22. The first-order valence-electron chi connectivity index (χ1n) is 21.0. The Labute approximate surface area is 329 Å². The summed E-state index contributed by atoms with van der Waals surface area (Å²) in [6, 6.07) is 14.4. The summed E-state index contributed by atoms with van der Waals surface area (Å²) in [6.07, 6.45) is 17.6. The van der Waals surface area contributed by atoms with E-state index >= 15 is 0 Å². The molecule has 1 aliphatic carbocycles. The highest BCUT2D eigenvalue weighted by Gasteiger charge is 2.23. The van der Waals surface area contributed by atoms with E-state index in [1.807, 2.05) is 12.1 Å². The van der Waals surface area contributed by atoms with Gasteiger partial charge >= 0.3 is 23.9 Å². The van der Waals surface area contributed by atoms with Crippen molar-refractivity contribution in [2.45, 2.75) is 161 Å². The molecule has 0 aromatic heterocycles. The molecule has 0 heterocycles. The van der Waals surface area contributed by atoms with Gasteiger partial charge in [-0.1, -0.05) is 89.6 Å². The van der Waals surface area contributed by atoms with Crippen LogP contribution in [0.1, 0.15) is 171 Å².